The Hall–Kier alpha value is -2.11. The van der Waals surface area contributed by atoms with Gasteiger partial charge in [-0.3, -0.25) is 14.9 Å². The van der Waals surface area contributed by atoms with Crippen LogP contribution < -0.4 is 11.1 Å². The molecule has 0 saturated carbocycles. The molecular formula is C13H19N3O3. The van der Waals surface area contributed by atoms with Crippen molar-refractivity contribution in [1.29, 1.82) is 0 Å². The molecular weight excluding hydrogens is 246 g/mol. The van der Waals surface area contributed by atoms with Gasteiger partial charge >= 0.3 is 0 Å². The predicted octanol–water partition coefficient (Wildman–Crippen LogP) is 2.34. The molecule has 1 atom stereocenters. The van der Waals surface area contributed by atoms with Crippen molar-refractivity contribution in [2.24, 2.45) is 5.41 Å². The molecule has 1 amide bonds. The standard InChI is InChI=1S/C13H19N3O3/c1-8(13(2,3)4)15-12(17)10-7-9(16(18)19)5-6-11(10)14/h5-8H,14H2,1-4H3,(H,15,17). The summed E-state index contributed by atoms with van der Waals surface area (Å²) < 4.78 is 0. The zero-order valence-corrected chi connectivity index (χ0v) is 11.6. The van der Waals surface area contributed by atoms with Crippen molar-refractivity contribution in [3.05, 3.63) is 33.9 Å². The summed E-state index contributed by atoms with van der Waals surface area (Å²) in [4.78, 5) is 22.2. The molecule has 3 N–H and O–H groups in total. The van der Waals surface area contributed by atoms with E-state index in [0.717, 1.165) is 0 Å². The summed E-state index contributed by atoms with van der Waals surface area (Å²) in [5.74, 6) is -0.399. The number of nitrogens with zero attached hydrogens (tertiary/aromatic N) is 1. The Bertz CT molecular complexity index is 506. The first-order valence-corrected chi connectivity index (χ1v) is 5.97. The SMILES string of the molecule is CC(NC(=O)c1cc([N+](=O)[O-])ccc1N)C(C)(C)C. The van der Waals surface area contributed by atoms with Crippen molar-refractivity contribution >= 4 is 17.3 Å². The Morgan fingerprint density at radius 2 is 2.00 bits per heavy atom. The number of nitrogens with one attached hydrogen (secondary N) is 1. The minimum Gasteiger partial charge on any atom is -0.398 e. The maximum atomic E-state index is 12.1. The monoisotopic (exact) mass is 265 g/mol. The third-order valence-electron chi connectivity index (χ3n) is 3.14. The predicted molar refractivity (Wildman–Crippen MR) is 73.9 cm³/mol. The van der Waals surface area contributed by atoms with Gasteiger partial charge in [-0.05, 0) is 18.4 Å². The van der Waals surface area contributed by atoms with Crippen molar-refractivity contribution in [1.82, 2.24) is 5.32 Å². The van der Waals surface area contributed by atoms with Gasteiger partial charge in [0.15, 0.2) is 0 Å². The van der Waals surface area contributed by atoms with Gasteiger partial charge in [-0.1, -0.05) is 20.8 Å². The topological polar surface area (TPSA) is 98.3 Å². The minimum absolute atomic E-state index is 0.0846. The third kappa shape index (κ3) is 3.67. The Labute approximate surface area is 112 Å². The molecule has 0 radical (unpaired) electrons. The second kappa shape index (κ2) is 5.26. The largest absolute Gasteiger partial charge is 0.398 e. The number of nitrogens with two attached hydrogens (primary N) is 1. The van der Waals surface area contributed by atoms with Crippen molar-refractivity contribution < 1.29 is 9.72 Å². The van der Waals surface area contributed by atoms with E-state index in [1.54, 1.807) is 0 Å². The fourth-order valence-corrected chi connectivity index (χ4v) is 1.35. The van der Waals surface area contributed by atoms with E-state index in [2.05, 4.69) is 5.32 Å². The molecule has 6 heteroatoms. The average Bonchev–Trinajstić information content (AvgIpc) is 2.27. The van der Waals surface area contributed by atoms with Crippen LogP contribution >= 0.6 is 0 Å². The number of benzene rings is 1. The number of amides is 1. The highest BCUT2D eigenvalue weighted by Gasteiger charge is 2.23. The highest BCUT2D eigenvalue weighted by molar-refractivity contribution is 5.99. The Morgan fingerprint density at radius 3 is 2.47 bits per heavy atom. The zero-order valence-electron chi connectivity index (χ0n) is 11.6. The van der Waals surface area contributed by atoms with Crippen molar-refractivity contribution in [3.8, 4) is 0 Å². The molecule has 19 heavy (non-hydrogen) atoms. The van der Waals surface area contributed by atoms with Gasteiger partial charge in [-0.15, -0.1) is 0 Å². The smallest absolute Gasteiger partial charge is 0.270 e. The van der Waals surface area contributed by atoms with Crippen LogP contribution in [0.15, 0.2) is 18.2 Å². The fraction of sp³-hybridized carbons (Fsp3) is 0.462. The summed E-state index contributed by atoms with van der Waals surface area (Å²) >= 11 is 0. The molecule has 0 spiro atoms. The van der Waals surface area contributed by atoms with E-state index in [1.807, 2.05) is 27.7 Å². The Morgan fingerprint density at radius 1 is 1.42 bits per heavy atom. The van der Waals surface area contributed by atoms with Gasteiger partial charge in [0.25, 0.3) is 11.6 Å². The van der Waals surface area contributed by atoms with Gasteiger partial charge in [0.1, 0.15) is 0 Å². The van der Waals surface area contributed by atoms with Crippen LogP contribution in [0.1, 0.15) is 38.1 Å². The first-order chi connectivity index (χ1) is 8.62. The van der Waals surface area contributed by atoms with E-state index in [0.29, 0.717) is 0 Å². The first-order valence-electron chi connectivity index (χ1n) is 5.97. The molecule has 0 aliphatic heterocycles. The van der Waals surface area contributed by atoms with E-state index in [9.17, 15) is 14.9 Å². The molecule has 6 nitrogen and oxygen atoms in total. The van der Waals surface area contributed by atoms with Crippen LogP contribution in [0.25, 0.3) is 0 Å². The maximum absolute atomic E-state index is 12.1. The Balaban J connectivity index is 3.00. The number of hydrogen-bond donors (Lipinski definition) is 2. The average molecular weight is 265 g/mol. The normalized spacial score (nSPS) is 12.8. The number of anilines is 1. The van der Waals surface area contributed by atoms with E-state index in [4.69, 9.17) is 5.73 Å². The molecule has 0 aliphatic carbocycles. The number of nitrogen functional groups attached to an aromatic ring is 1. The summed E-state index contributed by atoms with van der Waals surface area (Å²) in [6, 6.07) is 3.76. The van der Waals surface area contributed by atoms with Gasteiger partial charge in [-0.2, -0.15) is 0 Å². The van der Waals surface area contributed by atoms with E-state index < -0.39 is 10.8 Å². The number of hydrogen-bond acceptors (Lipinski definition) is 4. The quantitative estimate of drug-likeness (QED) is 0.498. The lowest BCUT2D eigenvalue weighted by molar-refractivity contribution is -0.384. The second-order valence-electron chi connectivity index (χ2n) is 5.59. The number of nitro groups is 1. The lowest BCUT2D eigenvalue weighted by Gasteiger charge is -2.28. The summed E-state index contributed by atoms with van der Waals surface area (Å²) in [7, 11) is 0. The molecule has 0 saturated heterocycles. The van der Waals surface area contributed by atoms with E-state index in [-0.39, 0.29) is 28.4 Å². The lowest BCUT2D eigenvalue weighted by Crippen LogP contribution is -2.41. The van der Waals surface area contributed by atoms with E-state index in [1.165, 1.54) is 18.2 Å². The number of carbonyl (C=O) groups is 1. The molecule has 0 bridgehead atoms. The molecule has 1 aromatic carbocycles. The number of carbonyl (C=O) groups excluding carboxylic acids is 1. The third-order valence-corrected chi connectivity index (χ3v) is 3.14. The molecule has 0 fully saturated rings. The minimum atomic E-state index is -0.552. The second-order valence-corrected chi connectivity index (χ2v) is 5.59. The van der Waals surface area contributed by atoms with Gasteiger partial charge in [0.2, 0.25) is 0 Å². The molecule has 1 rings (SSSR count). The molecule has 0 heterocycles. The molecule has 1 aromatic rings. The summed E-state index contributed by atoms with van der Waals surface area (Å²) in [5, 5.41) is 13.5. The molecule has 0 aromatic heterocycles. The van der Waals surface area contributed by atoms with Crippen LogP contribution in [0.3, 0.4) is 0 Å². The molecule has 104 valence electrons. The lowest BCUT2D eigenvalue weighted by atomic mass is 9.88. The summed E-state index contributed by atoms with van der Waals surface area (Å²) in [5.41, 5.74) is 5.79. The number of non-ortho nitro benzene ring substituents is 1. The fourth-order valence-electron chi connectivity index (χ4n) is 1.35. The van der Waals surface area contributed by atoms with Crippen LogP contribution in [0.2, 0.25) is 0 Å². The Kier molecular flexibility index (Phi) is 4.14. The maximum Gasteiger partial charge on any atom is 0.270 e. The van der Waals surface area contributed by atoms with Crippen molar-refractivity contribution in [3.63, 3.8) is 0 Å². The van der Waals surface area contributed by atoms with Gasteiger partial charge in [0.05, 0.1) is 10.5 Å². The van der Waals surface area contributed by atoms with Gasteiger partial charge in [-0.25, -0.2) is 0 Å². The van der Waals surface area contributed by atoms with E-state index >= 15 is 0 Å². The van der Waals surface area contributed by atoms with Crippen molar-refractivity contribution in [2.45, 2.75) is 33.7 Å². The van der Waals surface area contributed by atoms with Gasteiger partial charge < -0.3 is 11.1 Å². The highest BCUT2D eigenvalue weighted by atomic mass is 16.6. The first kappa shape index (κ1) is 14.9. The van der Waals surface area contributed by atoms with Crippen LogP contribution in [0.4, 0.5) is 11.4 Å². The van der Waals surface area contributed by atoms with Crippen LogP contribution in [-0.4, -0.2) is 16.9 Å². The molecule has 0 aliphatic rings. The number of rotatable bonds is 3. The summed E-state index contributed by atoms with van der Waals surface area (Å²) in [6.45, 7) is 7.86. The van der Waals surface area contributed by atoms with Crippen LogP contribution in [0, 0.1) is 15.5 Å². The van der Waals surface area contributed by atoms with Crippen molar-refractivity contribution in [2.75, 3.05) is 5.73 Å². The van der Waals surface area contributed by atoms with Gasteiger partial charge in [0, 0.05) is 23.9 Å². The highest BCUT2D eigenvalue weighted by Crippen LogP contribution is 2.22. The van der Waals surface area contributed by atoms with Crippen LogP contribution in [0.5, 0.6) is 0 Å². The summed E-state index contributed by atoms with van der Waals surface area (Å²) in [6.07, 6.45) is 0. The zero-order chi connectivity index (χ0) is 14.8. The molecule has 1 unspecified atom stereocenters. The van der Waals surface area contributed by atoms with Crippen LogP contribution in [-0.2, 0) is 0 Å². The number of nitro benzene ring substituents is 1.